The zero-order chi connectivity index (χ0) is 17.2. The minimum absolute atomic E-state index is 0.226. The van der Waals surface area contributed by atoms with Crippen molar-refractivity contribution in [1.82, 2.24) is 10.0 Å². The van der Waals surface area contributed by atoms with Crippen molar-refractivity contribution >= 4 is 33.3 Å². The first-order valence-electron chi connectivity index (χ1n) is 7.39. The van der Waals surface area contributed by atoms with Gasteiger partial charge in [0.25, 0.3) is 0 Å². The van der Waals surface area contributed by atoms with E-state index in [1.165, 1.54) is 0 Å². The largest absolute Gasteiger partial charge is 0.361 e. The maximum absolute atomic E-state index is 12.4. The van der Waals surface area contributed by atoms with Gasteiger partial charge in [0.05, 0.1) is 0 Å². The van der Waals surface area contributed by atoms with E-state index in [4.69, 9.17) is 11.6 Å². The average molecular weight is 366 g/mol. The molecule has 3 N–H and O–H groups in total. The molecule has 0 unspecified atom stereocenters. The molecule has 0 atom stereocenters. The zero-order valence-electron chi connectivity index (χ0n) is 13.1. The van der Waals surface area contributed by atoms with Crippen LogP contribution < -0.4 is 19.9 Å². The van der Waals surface area contributed by atoms with Gasteiger partial charge in [-0.2, -0.15) is 13.1 Å². The number of halogens is 1. The third kappa shape index (κ3) is 3.80. The molecule has 6 nitrogen and oxygen atoms in total. The Labute approximate surface area is 146 Å². The van der Waals surface area contributed by atoms with Crippen LogP contribution in [0.4, 0.5) is 5.69 Å². The minimum Gasteiger partial charge on any atom is -0.312 e. The number of guanidine groups is 1. The molecule has 126 valence electrons. The molecular weight excluding hydrogens is 348 g/mol. The van der Waals surface area contributed by atoms with E-state index in [2.05, 4.69) is 15.0 Å². The van der Waals surface area contributed by atoms with Gasteiger partial charge in [-0.05, 0) is 43.3 Å². The molecule has 3 rings (SSSR count). The van der Waals surface area contributed by atoms with Crippen LogP contribution in [-0.2, 0) is 10.0 Å². The predicted octanol–water partition coefficient (Wildman–Crippen LogP) is 0.388. The fraction of sp³-hybridized carbons (Fsp3) is 0.188. The van der Waals surface area contributed by atoms with E-state index in [0.717, 1.165) is 11.3 Å². The van der Waals surface area contributed by atoms with Gasteiger partial charge in [0.2, 0.25) is 0 Å². The van der Waals surface area contributed by atoms with Crippen molar-refractivity contribution in [2.75, 3.05) is 18.2 Å². The highest BCUT2D eigenvalue weighted by Gasteiger charge is 2.24. The van der Waals surface area contributed by atoms with Gasteiger partial charge in [-0.3, -0.25) is 10.3 Å². The van der Waals surface area contributed by atoms with Crippen molar-refractivity contribution in [2.45, 2.75) is 11.8 Å². The first kappa shape index (κ1) is 16.6. The molecule has 0 saturated carbocycles. The second-order valence-electron chi connectivity index (χ2n) is 5.48. The lowest BCUT2D eigenvalue weighted by atomic mass is 10.2. The first-order valence-corrected chi connectivity index (χ1v) is 9.25. The number of rotatable bonds is 3. The SMILES string of the molecule is Cc1ccc(S(=O)(=O)NC2=[NH+]CN(c3ccc(Cl)cc3)CN2)cc1. The maximum atomic E-state index is 12.4. The Bertz CT molecular complexity index is 849. The Kier molecular flexibility index (Phi) is 4.64. The number of nitrogens with zero attached hydrogens (tertiary/aromatic N) is 1. The second-order valence-corrected chi connectivity index (χ2v) is 7.60. The quantitative estimate of drug-likeness (QED) is 0.735. The summed E-state index contributed by atoms with van der Waals surface area (Å²) < 4.78 is 27.3. The molecule has 8 heteroatoms. The van der Waals surface area contributed by atoms with Crippen molar-refractivity contribution in [1.29, 1.82) is 0 Å². The molecule has 2 aromatic carbocycles. The molecule has 0 aromatic heterocycles. The van der Waals surface area contributed by atoms with E-state index in [-0.39, 0.29) is 4.90 Å². The Balaban J connectivity index is 1.69. The molecule has 1 aliphatic heterocycles. The van der Waals surface area contributed by atoms with Gasteiger partial charge in [-0.15, -0.1) is 0 Å². The minimum atomic E-state index is -3.61. The summed E-state index contributed by atoms with van der Waals surface area (Å²) in [5, 5.41) is 3.70. The molecule has 2 aromatic rings. The topological polar surface area (TPSA) is 75.4 Å². The third-order valence-corrected chi connectivity index (χ3v) is 5.27. The molecule has 24 heavy (non-hydrogen) atoms. The highest BCUT2D eigenvalue weighted by molar-refractivity contribution is 7.90. The van der Waals surface area contributed by atoms with Crippen LogP contribution in [0, 0.1) is 6.92 Å². The molecular formula is C16H18ClN4O2S+. The molecule has 0 radical (unpaired) electrons. The number of hydrogen-bond acceptors (Lipinski definition) is 4. The van der Waals surface area contributed by atoms with Gasteiger partial charge in [0.15, 0.2) is 0 Å². The van der Waals surface area contributed by atoms with Crippen LogP contribution in [0.1, 0.15) is 5.56 Å². The highest BCUT2D eigenvalue weighted by atomic mass is 35.5. The summed E-state index contributed by atoms with van der Waals surface area (Å²) in [6.07, 6.45) is 0. The van der Waals surface area contributed by atoms with Crippen LogP contribution in [0.3, 0.4) is 0 Å². The van der Waals surface area contributed by atoms with Crippen molar-refractivity contribution in [3.8, 4) is 0 Å². The number of benzene rings is 2. The summed E-state index contributed by atoms with van der Waals surface area (Å²) in [5.74, 6) is 0.362. The average Bonchev–Trinajstić information content (AvgIpc) is 2.56. The van der Waals surface area contributed by atoms with E-state index in [9.17, 15) is 8.42 Å². The van der Waals surface area contributed by atoms with Crippen molar-refractivity contribution < 1.29 is 13.4 Å². The first-order chi connectivity index (χ1) is 11.4. The Hall–Kier alpha value is -2.25. The summed E-state index contributed by atoms with van der Waals surface area (Å²) in [6.45, 7) is 2.86. The van der Waals surface area contributed by atoms with Crippen LogP contribution in [0.25, 0.3) is 0 Å². The van der Waals surface area contributed by atoms with E-state index in [1.807, 2.05) is 36.1 Å². The zero-order valence-corrected chi connectivity index (χ0v) is 14.7. The van der Waals surface area contributed by atoms with E-state index in [0.29, 0.717) is 24.3 Å². The standard InChI is InChI=1S/C16H17ClN4O2S/c1-12-2-8-15(9-3-12)24(22,23)20-16-18-10-21(11-19-16)14-6-4-13(17)5-7-14/h2-9H,10-11H2,1H3,(H2,18,19,20)/p+1. The molecule has 1 aliphatic rings. The predicted molar refractivity (Wildman–Crippen MR) is 94.3 cm³/mol. The summed E-state index contributed by atoms with van der Waals surface area (Å²) in [4.78, 5) is 5.27. The van der Waals surface area contributed by atoms with Crippen molar-refractivity contribution in [2.24, 2.45) is 0 Å². The van der Waals surface area contributed by atoms with Crippen LogP contribution >= 0.6 is 11.6 Å². The van der Waals surface area contributed by atoms with E-state index in [1.54, 1.807) is 24.3 Å². The Morgan fingerprint density at radius 1 is 1.12 bits per heavy atom. The fourth-order valence-electron chi connectivity index (χ4n) is 2.28. The summed E-state index contributed by atoms with van der Waals surface area (Å²) >= 11 is 5.88. The molecule has 0 amide bonds. The van der Waals surface area contributed by atoms with E-state index < -0.39 is 10.0 Å². The number of hydrogen-bond donors (Lipinski definition) is 3. The molecule has 0 fully saturated rings. The Morgan fingerprint density at radius 3 is 2.38 bits per heavy atom. The summed E-state index contributed by atoms with van der Waals surface area (Å²) in [5.41, 5.74) is 1.99. The molecule has 0 aliphatic carbocycles. The smallest absolute Gasteiger partial charge is 0.312 e. The van der Waals surface area contributed by atoms with Crippen LogP contribution in [0.5, 0.6) is 0 Å². The van der Waals surface area contributed by atoms with E-state index >= 15 is 0 Å². The number of anilines is 1. The molecule has 1 heterocycles. The highest BCUT2D eigenvalue weighted by Crippen LogP contribution is 2.16. The monoisotopic (exact) mass is 365 g/mol. The van der Waals surface area contributed by atoms with Gasteiger partial charge >= 0.3 is 16.0 Å². The van der Waals surface area contributed by atoms with Gasteiger partial charge < -0.3 is 4.90 Å². The molecule has 0 saturated heterocycles. The molecule has 0 spiro atoms. The Morgan fingerprint density at radius 2 is 1.79 bits per heavy atom. The number of sulfonamides is 1. The third-order valence-electron chi connectivity index (χ3n) is 3.65. The number of aryl methyl sites for hydroxylation is 1. The summed E-state index contributed by atoms with van der Waals surface area (Å²) in [7, 11) is -3.61. The van der Waals surface area contributed by atoms with Gasteiger partial charge in [0.1, 0.15) is 18.2 Å². The van der Waals surface area contributed by atoms with Gasteiger partial charge in [-0.1, -0.05) is 29.3 Å². The fourth-order valence-corrected chi connectivity index (χ4v) is 3.44. The lowest BCUT2D eigenvalue weighted by Crippen LogP contribution is -2.86. The van der Waals surface area contributed by atoms with Crippen molar-refractivity contribution in [3.63, 3.8) is 0 Å². The van der Waals surface area contributed by atoms with Gasteiger partial charge in [-0.25, -0.2) is 0 Å². The van der Waals surface area contributed by atoms with Gasteiger partial charge in [0, 0.05) is 10.7 Å². The molecule has 0 bridgehead atoms. The van der Waals surface area contributed by atoms with Crippen LogP contribution in [0.2, 0.25) is 5.02 Å². The van der Waals surface area contributed by atoms with Crippen LogP contribution in [-0.4, -0.2) is 27.7 Å². The van der Waals surface area contributed by atoms with Crippen LogP contribution in [0.15, 0.2) is 53.4 Å². The lowest BCUT2D eigenvalue weighted by molar-refractivity contribution is -0.464. The maximum Gasteiger partial charge on any atom is 0.361 e. The lowest BCUT2D eigenvalue weighted by Gasteiger charge is -2.25. The normalized spacial score (nSPS) is 14.8. The summed E-state index contributed by atoms with van der Waals surface area (Å²) in [6, 6.07) is 14.2. The second kappa shape index (κ2) is 6.70. The number of nitrogens with one attached hydrogen (secondary N) is 3. The van der Waals surface area contributed by atoms with Crippen molar-refractivity contribution in [3.05, 3.63) is 59.1 Å².